The Hall–Kier alpha value is -2.06. The van der Waals surface area contributed by atoms with E-state index in [9.17, 15) is 0 Å². The molecule has 134 valence electrons. The van der Waals surface area contributed by atoms with Gasteiger partial charge in [0.15, 0.2) is 11.6 Å². The van der Waals surface area contributed by atoms with Crippen LogP contribution in [0.4, 0.5) is 5.82 Å². The van der Waals surface area contributed by atoms with Gasteiger partial charge in [-0.3, -0.25) is 0 Å². The molecule has 0 amide bonds. The molecular formula is C17H25N7O. The number of ether oxygens (including phenoxy) is 1. The lowest BCUT2D eigenvalue weighted by molar-refractivity contribution is 0.177. The molecule has 0 atom stereocenters. The van der Waals surface area contributed by atoms with Crippen molar-refractivity contribution in [3.63, 3.8) is 0 Å². The number of methoxy groups -OCH3 is 1. The number of fused-ring (bicyclic) bond motifs is 1. The van der Waals surface area contributed by atoms with Gasteiger partial charge in [0, 0.05) is 43.8 Å². The number of nitrogens with two attached hydrogens (primary N) is 1. The van der Waals surface area contributed by atoms with Gasteiger partial charge in [-0.15, -0.1) is 10.2 Å². The van der Waals surface area contributed by atoms with E-state index in [-0.39, 0.29) is 0 Å². The summed E-state index contributed by atoms with van der Waals surface area (Å²) in [5, 5.41) is 12.0. The molecule has 1 fully saturated rings. The molecular weight excluding hydrogens is 318 g/mol. The van der Waals surface area contributed by atoms with E-state index >= 15 is 0 Å². The molecule has 1 aliphatic heterocycles. The van der Waals surface area contributed by atoms with Crippen molar-refractivity contribution in [3.05, 3.63) is 29.2 Å². The van der Waals surface area contributed by atoms with E-state index in [4.69, 9.17) is 10.5 Å². The Kier molecular flexibility index (Phi) is 4.63. The van der Waals surface area contributed by atoms with Crippen molar-refractivity contribution in [2.24, 2.45) is 5.73 Å². The molecule has 0 bridgehead atoms. The van der Waals surface area contributed by atoms with Crippen LogP contribution in [0, 0.1) is 0 Å². The molecule has 3 heterocycles. The molecule has 4 rings (SSSR count). The molecule has 2 aromatic rings. The Morgan fingerprint density at radius 3 is 2.96 bits per heavy atom. The first kappa shape index (κ1) is 16.4. The standard InChI is InChI=1S/C17H25N7O/c1-25-10-15-20-13(11-6-12(18)7-11)8-14(21-15)19-9-17-23-22-16-4-2-3-5-24(16)17/h8,11-12H,2-7,9-10,18H2,1H3,(H,19,20,21). The summed E-state index contributed by atoms with van der Waals surface area (Å²) in [5.74, 6) is 4.00. The van der Waals surface area contributed by atoms with Crippen LogP contribution in [0.25, 0.3) is 0 Å². The summed E-state index contributed by atoms with van der Waals surface area (Å²) < 4.78 is 7.43. The van der Waals surface area contributed by atoms with E-state index in [1.807, 2.05) is 6.07 Å². The summed E-state index contributed by atoms with van der Waals surface area (Å²) in [4.78, 5) is 9.19. The number of nitrogens with one attached hydrogen (secondary N) is 1. The highest BCUT2D eigenvalue weighted by Crippen LogP contribution is 2.35. The number of nitrogens with zero attached hydrogens (tertiary/aromatic N) is 5. The Morgan fingerprint density at radius 2 is 2.16 bits per heavy atom. The van der Waals surface area contributed by atoms with Crippen LogP contribution < -0.4 is 11.1 Å². The lowest BCUT2D eigenvalue weighted by Crippen LogP contribution is -2.35. The Bertz CT molecular complexity index is 739. The number of hydrogen-bond donors (Lipinski definition) is 2. The summed E-state index contributed by atoms with van der Waals surface area (Å²) >= 11 is 0. The van der Waals surface area contributed by atoms with Gasteiger partial charge >= 0.3 is 0 Å². The first-order valence-corrected chi connectivity index (χ1v) is 9.00. The van der Waals surface area contributed by atoms with Crippen LogP contribution in [0.2, 0.25) is 0 Å². The zero-order valence-corrected chi connectivity index (χ0v) is 14.6. The molecule has 3 N–H and O–H groups in total. The minimum absolute atomic E-state index is 0.296. The van der Waals surface area contributed by atoms with Gasteiger partial charge in [-0.1, -0.05) is 0 Å². The predicted molar refractivity (Wildman–Crippen MR) is 93.0 cm³/mol. The molecule has 8 heteroatoms. The van der Waals surface area contributed by atoms with Crippen LogP contribution in [-0.2, 0) is 30.9 Å². The van der Waals surface area contributed by atoms with Gasteiger partial charge in [-0.2, -0.15) is 0 Å². The van der Waals surface area contributed by atoms with E-state index in [0.29, 0.717) is 30.9 Å². The van der Waals surface area contributed by atoms with Crippen molar-refractivity contribution in [1.29, 1.82) is 0 Å². The monoisotopic (exact) mass is 343 g/mol. The summed E-state index contributed by atoms with van der Waals surface area (Å²) in [6.07, 6.45) is 5.38. The molecule has 8 nitrogen and oxygen atoms in total. The largest absolute Gasteiger partial charge is 0.377 e. The highest BCUT2D eigenvalue weighted by atomic mass is 16.5. The normalized spacial score (nSPS) is 22.3. The van der Waals surface area contributed by atoms with Gasteiger partial charge in [0.05, 0.1) is 6.54 Å². The van der Waals surface area contributed by atoms with Crippen LogP contribution in [-0.4, -0.2) is 37.9 Å². The second-order valence-corrected chi connectivity index (χ2v) is 6.95. The molecule has 1 saturated carbocycles. The van der Waals surface area contributed by atoms with Gasteiger partial charge in [-0.05, 0) is 25.7 Å². The van der Waals surface area contributed by atoms with Gasteiger partial charge in [0.2, 0.25) is 0 Å². The molecule has 0 spiro atoms. The number of hydrogen-bond acceptors (Lipinski definition) is 7. The minimum Gasteiger partial charge on any atom is -0.377 e. The van der Waals surface area contributed by atoms with Crippen molar-refractivity contribution < 1.29 is 4.74 Å². The zero-order chi connectivity index (χ0) is 17.2. The van der Waals surface area contributed by atoms with Crippen molar-refractivity contribution >= 4 is 5.82 Å². The predicted octanol–water partition coefficient (Wildman–Crippen LogP) is 1.37. The molecule has 0 radical (unpaired) electrons. The number of anilines is 1. The number of rotatable bonds is 6. The number of aryl methyl sites for hydroxylation is 1. The first-order valence-electron chi connectivity index (χ1n) is 9.00. The summed E-state index contributed by atoms with van der Waals surface area (Å²) in [6.45, 7) is 2.02. The molecule has 0 saturated heterocycles. The molecule has 0 aromatic carbocycles. The van der Waals surface area contributed by atoms with Gasteiger partial charge in [-0.25, -0.2) is 9.97 Å². The third-order valence-corrected chi connectivity index (χ3v) is 5.02. The van der Waals surface area contributed by atoms with E-state index in [1.54, 1.807) is 7.11 Å². The summed E-state index contributed by atoms with van der Waals surface area (Å²) in [5.41, 5.74) is 6.98. The van der Waals surface area contributed by atoms with E-state index in [0.717, 1.165) is 49.0 Å². The first-order chi connectivity index (χ1) is 12.2. The fraction of sp³-hybridized carbons (Fsp3) is 0.647. The molecule has 25 heavy (non-hydrogen) atoms. The maximum atomic E-state index is 5.93. The van der Waals surface area contributed by atoms with Crippen molar-refractivity contribution in [2.75, 3.05) is 12.4 Å². The smallest absolute Gasteiger partial charge is 0.156 e. The maximum Gasteiger partial charge on any atom is 0.156 e. The SMILES string of the molecule is COCc1nc(NCc2nnc3n2CCCC3)cc(C2CC(N)C2)n1. The molecule has 0 unspecified atom stereocenters. The summed E-state index contributed by atoms with van der Waals surface area (Å²) in [6, 6.07) is 2.33. The van der Waals surface area contributed by atoms with Crippen LogP contribution in [0.15, 0.2) is 6.07 Å². The van der Waals surface area contributed by atoms with Crippen LogP contribution in [0.3, 0.4) is 0 Å². The topological polar surface area (TPSA) is 104 Å². The average molecular weight is 343 g/mol. The van der Waals surface area contributed by atoms with E-state index in [2.05, 4.69) is 30.0 Å². The van der Waals surface area contributed by atoms with Gasteiger partial charge in [0.25, 0.3) is 0 Å². The highest BCUT2D eigenvalue weighted by Gasteiger charge is 2.29. The second-order valence-electron chi connectivity index (χ2n) is 6.95. The summed E-state index contributed by atoms with van der Waals surface area (Å²) in [7, 11) is 1.66. The van der Waals surface area contributed by atoms with Crippen molar-refractivity contribution in [3.8, 4) is 0 Å². The maximum absolute atomic E-state index is 5.93. The van der Waals surface area contributed by atoms with Crippen molar-refractivity contribution in [1.82, 2.24) is 24.7 Å². The van der Waals surface area contributed by atoms with Crippen LogP contribution in [0.1, 0.15) is 54.8 Å². The van der Waals surface area contributed by atoms with E-state index < -0.39 is 0 Å². The zero-order valence-electron chi connectivity index (χ0n) is 14.6. The third-order valence-electron chi connectivity index (χ3n) is 5.02. The lowest BCUT2D eigenvalue weighted by atomic mass is 9.78. The molecule has 2 aromatic heterocycles. The quantitative estimate of drug-likeness (QED) is 0.816. The average Bonchev–Trinajstić information content (AvgIpc) is 3.00. The fourth-order valence-electron chi connectivity index (χ4n) is 3.58. The Labute approximate surface area is 147 Å². The lowest BCUT2D eigenvalue weighted by Gasteiger charge is -2.32. The van der Waals surface area contributed by atoms with Crippen molar-refractivity contribution in [2.45, 2.75) is 63.8 Å². The van der Waals surface area contributed by atoms with Gasteiger partial charge in [0.1, 0.15) is 18.2 Å². The Morgan fingerprint density at radius 1 is 1.28 bits per heavy atom. The second kappa shape index (κ2) is 7.05. The van der Waals surface area contributed by atoms with Crippen LogP contribution in [0.5, 0.6) is 0 Å². The fourth-order valence-corrected chi connectivity index (χ4v) is 3.58. The minimum atomic E-state index is 0.296. The number of aromatic nitrogens is 5. The molecule has 1 aliphatic carbocycles. The Balaban J connectivity index is 1.50. The van der Waals surface area contributed by atoms with Crippen LogP contribution >= 0.6 is 0 Å². The third kappa shape index (κ3) is 3.50. The van der Waals surface area contributed by atoms with E-state index in [1.165, 1.54) is 12.8 Å². The molecule has 2 aliphatic rings. The van der Waals surface area contributed by atoms with Gasteiger partial charge < -0.3 is 20.4 Å². The highest BCUT2D eigenvalue weighted by molar-refractivity contribution is 5.38.